The Morgan fingerprint density at radius 1 is 1.47 bits per heavy atom. The quantitative estimate of drug-likeness (QED) is 0.669. The Morgan fingerprint density at radius 3 is 2.68 bits per heavy atom. The number of hydrogen-bond acceptors (Lipinski definition) is 3. The van der Waals surface area contributed by atoms with Gasteiger partial charge < -0.3 is 10.1 Å². The topological polar surface area (TPSA) is 55.4 Å². The summed E-state index contributed by atoms with van der Waals surface area (Å²) >= 11 is 3.29. The van der Waals surface area contributed by atoms with Crippen molar-refractivity contribution in [1.82, 2.24) is 5.32 Å². The van der Waals surface area contributed by atoms with E-state index >= 15 is 0 Å². The van der Waals surface area contributed by atoms with Crippen LogP contribution in [0.3, 0.4) is 0 Å². The number of rotatable bonds is 5. The van der Waals surface area contributed by atoms with Gasteiger partial charge in [0.05, 0.1) is 7.11 Å². The van der Waals surface area contributed by atoms with Crippen LogP contribution in [0.2, 0.25) is 0 Å². The summed E-state index contributed by atoms with van der Waals surface area (Å²) in [5.74, 6) is -0.802. The Labute approximate surface area is 121 Å². The lowest BCUT2D eigenvalue weighted by molar-refractivity contribution is -0.142. The molecule has 1 amide bonds. The van der Waals surface area contributed by atoms with Crippen LogP contribution in [0.15, 0.2) is 40.9 Å². The number of ether oxygens (including phenoxy) is 1. The summed E-state index contributed by atoms with van der Waals surface area (Å²) in [6.07, 6.45) is 0.354. The summed E-state index contributed by atoms with van der Waals surface area (Å²) < 4.78 is 5.47. The van der Waals surface area contributed by atoms with Crippen molar-refractivity contribution in [1.29, 1.82) is 0 Å². The lowest BCUT2D eigenvalue weighted by Crippen LogP contribution is -2.41. The molecule has 0 heterocycles. The first-order chi connectivity index (χ1) is 8.93. The predicted octanol–water partition coefficient (Wildman–Crippen LogP) is 2.69. The monoisotopic (exact) mass is 325 g/mol. The van der Waals surface area contributed by atoms with E-state index in [1.165, 1.54) is 7.11 Å². The normalized spacial score (nSPS) is 11.5. The van der Waals surface area contributed by atoms with Gasteiger partial charge in [-0.3, -0.25) is 4.79 Å². The Morgan fingerprint density at radius 2 is 2.16 bits per heavy atom. The minimum Gasteiger partial charge on any atom is -0.467 e. The fourth-order valence-corrected chi connectivity index (χ4v) is 1.95. The number of methoxy groups -OCH3 is 1. The molecule has 0 bridgehead atoms. The zero-order chi connectivity index (χ0) is 14.4. The molecule has 0 aliphatic rings. The molecule has 0 saturated heterocycles. The molecular weight excluding hydrogens is 310 g/mol. The van der Waals surface area contributed by atoms with Gasteiger partial charge >= 0.3 is 5.97 Å². The zero-order valence-electron chi connectivity index (χ0n) is 10.9. The zero-order valence-corrected chi connectivity index (χ0v) is 12.5. The third kappa shape index (κ3) is 4.87. The van der Waals surface area contributed by atoms with Gasteiger partial charge in [0.25, 0.3) is 5.91 Å². The molecule has 0 aliphatic heterocycles. The summed E-state index contributed by atoms with van der Waals surface area (Å²) in [6.45, 7) is 5.53. The number of nitrogens with one attached hydrogen (secondary N) is 1. The first-order valence-corrected chi connectivity index (χ1v) is 6.52. The molecule has 0 aliphatic carbocycles. The molecule has 1 aromatic rings. The number of esters is 1. The van der Waals surface area contributed by atoms with Crippen molar-refractivity contribution in [2.45, 2.75) is 19.4 Å². The third-order valence-electron chi connectivity index (χ3n) is 2.43. The highest BCUT2D eigenvalue weighted by molar-refractivity contribution is 9.10. The van der Waals surface area contributed by atoms with Gasteiger partial charge in [-0.15, -0.1) is 6.58 Å². The summed E-state index contributed by atoms with van der Waals surface area (Å²) in [4.78, 5) is 23.6. The number of benzene rings is 1. The van der Waals surface area contributed by atoms with Crippen molar-refractivity contribution in [3.05, 3.63) is 46.5 Å². The average Bonchev–Trinajstić information content (AvgIpc) is 2.36. The SMILES string of the molecule is C=C(C)C[C@@H](NC(=O)c1cccc(Br)c1)C(=O)OC. The smallest absolute Gasteiger partial charge is 0.328 e. The maximum Gasteiger partial charge on any atom is 0.328 e. The van der Waals surface area contributed by atoms with Gasteiger partial charge in [0.15, 0.2) is 0 Å². The molecule has 0 aromatic heterocycles. The second-order valence-corrected chi connectivity index (χ2v) is 5.14. The van der Waals surface area contributed by atoms with Gasteiger partial charge in [-0.25, -0.2) is 4.79 Å². The van der Waals surface area contributed by atoms with Crippen molar-refractivity contribution in [2.75, 3.05) is 7.11 Å². The van der Waals surface area contributed by atoms with Crippen molar-refractivity contribution < 1.29 is 14.3 Å². The summed E-state index contributed by atoms with van der Waals surface area (Å²) in [5, 5.41) is 2.65. The fourth-order valence-electron chi connectivity index (χ4n) is 1.56. The minimum absolute atomic E-state index is 0.321. The van der Waals surface area contributed by atoms with E-state index in [1.54, 1.807) is 25.1 Å². The number of amides is 1. The van der Waals surface area contributed by atoms with Crippen LogP contribution >= 0.6 is 15.9 Å². The Bertz CT molecular complexity index is 499. The third-order valence-corrected chi connectivity index (χ3v) is 2.92. The van der Waals surface area contributed by atoms with Crippen LogP contribution in [0, 0.1) is 0 Å². The van der Waals surface area contributed by atoms with E-state index < -0.39 is 12.0 Å². The van der Waals surface area contributed by atoms with E-state index in [0.717, 1.165) is 10.0 Å². The van der Waals surface area contributed by atoms with E-state index in [2.05, 4.69) is 32.6 Å². The van der Waals surface area contributed by atoms with E-state index in [0.29, 0.717) is 12.0 Å². The maximum absolute atomic E-state index is 12.0. The predicted molar refractivity (Wildman–Crippen MR) is 76.8 cm³/mol. The van der Waals surface area contributed by atoms with Crippen LogP contribution in [0.4, 0.5) is 0 Å². The van der Waals surface area contributed by atoms with Crippen LogP contribution in [0.25, 0.3) is 0 Å². The number of halogens is 1. The van der Waals surface area contributed by atoms with Gasteiger partial charge in [0, 0.05) is 10.0 Å². The van der Waals surface area contributed by atoms with Crippen molar-refractivity contribution in [3.8, 4) is 0 Å². The van der Waals surface area contributed by atoms with Crippen LogP contribution in [-0.2, 0) is 9.53 Å². The highest BCUT2D eigenvalue weighted by Crippen LogP contribution is 2.12. The van der Waals surface area contributed by atoms with Gasteiger partial charge in [0.1, 0.15) is 6.04 Å². The van der Waals surface area contributed by atoms with E-state index in [9.17, 15) is 9.59 Å². The molecular formula is C14H16BrNO3. The second-order valence-electron chi connectivity index (χ2n) is 4.22. The Hall–Kier alpha value is -1.62. The van der Waals surface area contributed by atoms with Gasteiger partial charge in [-0.1, -0.05) is 27.6 Å². The molecule has 1 aromatic carbocycles. The number of carbonyl (C=O) groups is 2. The summed E-state index contributed by atoms with van der Waals surface area (Å²) in [7, 11) is 1.29. The molecule has 0 saturated carbocycles. The molecule has 1 rings (SSSR count). The molecule has 19 heavy (non-hydrogen) atoms. The minimum atomic E-state index is -0.714. The van der Waals surface area contributed by atoms with Crippen LogP contribution in [0.5, 0.6) is 0 Å². The molecule has 0 radical (unpaired) electrons. The highest BCUT2D eigenvalue weighted by Gasteiger charge is 2.22. The van der Waals surface area contributed by atoms with Crippen LogP contribution < -0.4 is 5.32 Å². The van der Waals surface area contributed by atoms with Crippen LogP contribution in [-0.4, -0.2) is 25.0 Å². The first kappa shape index (κ1) is 15.4. The average molecular weight is 326 g/mol. The molecule has 0 spiro atoms. The van der Waals surface area contributed by atoms with Gasteiger partial charge in [0.2, 0.25) is 0 Å². The summed E-state index contributed by atoms with van der Waals surface area (Å²) in [5.41, 5.74) is 1.27. The van der Waals surface area contributed by atoms with E-state index in [-0.39, 0.29) is 5.91 Å². The highest BCUT2D eigenvalue weighted by atomic mass is 79.9. The Kier molecular flexibility index (Phi) is 5.76. The van der Waals surface area contributed by atoms with Gasteiger partial charge in [-0.05, 0) is 31.5 Å². The van der Waals surface area contributed by atoms with Gasteiger partial charge in [-0.2, -0.15) is 0 Å². The number of hydrogen-bond donors (Lipinski definition) is 1. The second kappa shape index (κ2) is 7.09. The standard InChI is InChI=1S/C14H16BrNO3/c1-9(2)7-12(14(18)19-3)16-13(17)10-5-4-6-11(15)8-10/h4-6,8,12H,1,7H2,2-3H3,(H,16,17)/t12-/m1/s1. The maximum atomic E-state index is 12.0. The van der Waals surface area contributed by atoms with Crippen molar-refractivity contribution in [3.63, 3.8) is 0 Å². The number of carbonyl (C=O) groups excluding carboxylic acids is 2. The molecule has 5 heteroatoms. The molecule has 4 nitrogen and oxygen atoms in total. The lowest BCUT2D eigenvalue weighted by atomic mass is 10.1. The lowest BCUT2D eigenvalue weighted by Gasteiger charge is -2.16. The molecule has 1 N–H and O–H groups in total. The van der Waals surface area contributed by atoms with Crippen molar-refractivity contribution in [2.24, 2.45) is 0 Å². The summed E-state index contributed by atoms with van der Waals surface area (Å²) in [6, 6.07) is 6.22. The Balaban J connectivity index is 2.81. The first-order valence-electron chi connectivity index (χ1n) is 5.72. The largest absolute Gasteiger partial charge is 0.467 e. The van der Waals surface area contributed by atoms with E-state index in [1.807, 2.05) is 6.07 Å². The molecule has 0 unspecified atom stereocenters. The molecule has 1 atom stereocenters. The van der Waals surface area contributed by atoms with Crippen LogP contribution in [0.1, 0.15) is 23.7 Å². The fraction of sp³-hybridized carbons (Fsp3) is 0.286. The molecule has 0 fully saturated rings. The van der Waals surface area contributed by atoms with Crippen molar-refractivity contribution >= 4 is 27.8 Å². The molecule has 102 valence electrons. The van der Waals surface area contributed by atoms with E-state index in [4.69, 9.17) is 0 Å².